The molecular formula is C16H17ClN2O3S. The minimum atomic E-state index is -3.39. The molecule has 2 aromatic rings. The smallest absolute Gasteiger partial charge is 0.257 e. The Hall–Kier alpha value is -2.05. The predicted octanol–water partition coefficient (Wildman–Crippen LogP) is 3.58. The Kier molecular flexibility index (Phi) is 4.97. The summed E-state index contributed by atoms with van der Waals surface area (Å²) in [7, 11) is -3.39. The van der Waals surface area contributed by atoms with Crippen molar-refractivity contribution < 1.29 is 13.2 Å². The summed E-state index contributed by atoms with van der Waals surface area (Å²) in [6.45, 7) is 3.88. The number of sulfonamides is 1. The summed E-state index contributed by atoms with van der Waals surface area (Å²) in [5, 5.41) is 2.97. The van der Waals surface area contributed by atoms with Crippen LogP contribution in [0.2, 0.25) is 5.02 Å². The second-order valence-electron chi connectivity index (χ2n) is 5.34. The lowest BCUT2D eigenvalue weighted by Crippen LogP contribution is -2.14. The number of aryl methyl sites for hydroxylation is 2. The Morgan fingerprint density at radius 2 is 1.78 bits per heavy atom. The van der Waals surface area contributed by atoms with Gasteiger partial charge in [-0.3, -0.25) is 9.52 Å². The maximum atomic E-state index is 12.3. The van der Waals surface area contributed by atoms with Gasteiger partial charge in [-0.2, -0.15) is 0 Å². The largest absolute Gasteiger partial charge is 0.322 e. The van der Waals surface area contributed by atoms with E-state index in [4.69, 9.17) is 11.6 Å². The highest BCUT2D eigenvalue weighted by Crippen LogP contribution is 2.24. The van der Waals surface area contributed by atoms with Crippen LogP contribution in [0.5, 0.6) is 0 Å². The zero-order chi connectivity index (χ0) is 17.2. The molecule has 0 aliphatic heterocycles. The van der Waals surface area contributed by atoms with Gasteiger partial charge in [0.05, 0.1) is 16.8 Å². The van der Waals surface area contributed by atoms with E-state index in [0.717, 1.165) is 17.4 Å². The van der Waals surface area contributed by atoms with Crippen LogP contribution in [0, 0.1) is 13.8 Å². The normalized spacial score (nSPS) is 11.1. The Labute approximate surface area is 140 Å². The summed E-state index contributed by atoms with van der Waals surface area (Å²) in [5.74, 6) is -0.354. The molecule has 2 N–H and O–H groups in total. The molecule has 0 saturated heterocycles. The van der Waals surface area contributed by atoms with Crippen molar-refractivity contribution in [2.45, 2.75) is 13.8 Å². The molecule has 0 heterocycles. The number of carbonyl (C=O) groups is 1. The third-order valence-electron chi connectivity index (χ3n) is 3.15. The SMILES string of the molecule is Cc1ccc(NC(=O)c2ccc(NS(C)(=O)=O)cc2Cl)c(C)c1. The van der Waals surface area contributed by atoms with Crippen LogP contribution in [0.4, 0.5) is 11.4 Å². The number of nitrogens with one attached hydrogen (secondary N) is 2. The fourth-order valence-corrected chi connectivity index (χ4v) is 2.94. The van der Waals surface area contributed by atoms with E-state index < -0.39 is 10.0 Å². The van der Waals surface area contributed by atoms with E-state index in [9.17, 15) is 13.2 Å². The van der Waals surface area contributed by atoms with Crippen molar-refractivity contribution in [1.29, 1.82) is 0 Å². The number of hydrogen-bond donors (Lipinski definition) is 2. The maximum absolute atomic E-state index is 12.3. The maximum Gasteiger partial charge on any atom is 0.257 e. The van der Waals surface area contributed by atoms with Gasteiger partial charge in [0, 0.05) is 11.4 Å². The molecule has 1 amide bonds. The Balaban J connectivity index is 2.22. The molecule has 0 radical (unpaired) electrons. The third kappa shape index (κ3) is 4.71. The zero-order valence-electron chi connectivity index (χ0n) is 13.0. The number of benzene rings is 2. The topological polar surface area (TPSA) is 75.3 Å². The standard InChI is InChI=1S/C16H17ClN2O3S/c1-10-4-7-15(11(2)8-10)18-16(20)13-6-5-12(9-14(13)17)19-23(3,21)22/h4-9,19H,1-3H3,(H,18,20). The average Bonchev–Trinajstić information content (AvgIpc) is 2.40. The van der Waals surface area contributed by atoms with Gasteiger partial charge in [-0.15, -0.1) is 0 Å². The number of rotatable bonds is 4. The van der Waals surface area contributed by atoms with Crippen molar-refractivity contribution in [3.63, 3.8) is 0 Å². The van der Waals surface area contributed by atoms with Crippen LogP contribution in [0.15, 0.2) is 36.4 Å². The van der Waals surface area contributed by atoms with Crippen LogP contribution in [0.25, 0.3) is 0 Å². The van der Waals surface area contributed by atoms with Crippen LogP contribution < -0.4 is 10.0 Å². The second-order valence-corrected chi connectivity index (χ2v) is 7.50. The molecule has 0 spiro atoms. The molecule has 2 aromatic carbocycles. The molecule has 0 bridgehead atoms. The lowest BCUT2D eigenvalue weighted by Gasteiger charge is -2.11. The van der Waals surface area contributed by atoms with Crippen LogP contribution in [0.3, 0.4) is 0 Å². The summed E-state index contributed by atoms with van der Waals surface area (Å²) < 4.78 is 24.7. The first-order chi connectivity index (χ1) is 10.7. The highest BCUT2D eigenvalue weighted by Gasteiger charge is 2.13. The Morgan fingerprint density at radius 3 is 2.35 bits per heavy atom. The number of hydrogen-bond acceptors (Lipinski definition) is 3. The van der Waals surface area contributed by atoms with Crippen molar-refractivity contribution in [1.82, 2.24) is 0 Å². The molecule has 23 heavy (non-hydrogen) atoms. The van der Waals surface area contributed by atoms with Crippen molar-refractivity contribution in [2.75, 3.05) is 16.3 Å². The molecule has 0 aliphatic rings. The molecular weight excluding hydrogens is 336 g/mol. The summed E-state index contributed by atoms with van der Waals surface area (Å²) >= 11 is 6.09. The second kappa shape index (κ2) is 6.60. The number of halogens is 1. The third-order valence-corrected chi connectivity index (χ3v) is 4.07. The van der Waals surface area contributed by atoms with Crippen molar-refractivity contribution in [3.05, 3.63) is 58.1 Å². The van der Waals surface area contributed by atoms with Gasteiger partial charge in [-0.05, 0) is 43.7 Å². The molecule has 2 rings (SSSR count). The number of amides is 1. The van der Waals surface area contributed by atoms with E-state index in [1.165, 1.54) is 18.2 Å². The van der Waals surface area contributed by atoms with Crippen LogP contribution in [0.1, 0.15) is 21.5 Å². The Morgan fingerprint density at radius 1 is 1.09 bits per heavy atom. The van der Waals surface area contributed by atoms with E-state index in [-0.39, 0.29) is 16.5 Å². The van der Waals surface area contributed by atoms with E-state index in [0.29, 0.717) is 11.4 Å². The highest BCUT2D eigenvalue weighted by molar-refractivity contribution is 7.92. The first-order valence-electron chi connectivity index (χ1n) is 6.81. The summed E-state index contributed by atoms with van der Waals surface area (Å²) in [6.07, 6.45) is 1.04. The molecule has 0 saturated carbocycles. The lowest BCUT2D eigenvalue weighted by atomic mass is 10.1. The van der Waals surface area contributed by atoms with Gasteiger partial charge in [0.2, 0.25) is 10.0 Å². The van der Waals surface area contributed by atoms with Gasteiger partial charge in [0.25, 0.3) is 5.91 Å². The van der Waals surface area contributed by atoms with Crippen molar-refractivity contribution in [3.8, 4) is 0 Å². The Bertz CT molecular complexity index is 864. The first-order valence-corrected chi connectivity index (χ1v) is 9.08. The molecule has 7 heteroatoms. The van der Waals surface area contributed by atoms with Gasteiger partial charge in [0.15, 0.2) is 0 Å². The summed E-state index contributed by atoms with van der Waals surface area (Å²) in [6, 6.07) is 10.1. The minimum absolute atomic E-state index is 0.168. The highest BCUT2D eigenvalue weighted by atomic mass is 35.5. The van der Waals surface area contributed by atoms with Gasteiger partial charge in [-0.25, -0.2) is 8.42 Å². The monoisotopic (exact) mass is 352 g/mol. The molecule has 122 valence electrons. The fourth-order valence-electron chi connectivity index (χ4n) is 2.12. The minimum Gasteiger partial charge on any atom is -0.322 e. The van der Waals surface area contributed by atoms with Gasteiger partial charge in [-0.1, -0.05) is 29.3 Å². The fraction of sp³-hybridized carbons (Fsp3) is 0.188. The molecule has 0 aromatic heterocycles. The zero-order valence-corrected chi connectivity index (χ0v) is 14.5. The predicted molar refractivity (Wildman–Crippen MR) is 93.8 cm³/mol. The number of anilines is 2. The van der Waals surface area contributed by atoms with Crippen molar-refractivity contribution >= 4 is 38.9 Å². The average molecular weight is 353 g/mol. The molecule has 0 atom stereocenters. The van der Waals surface area contributed by atoms with Crippen LogP contribution in [-0.4, -0.2) is 20.6 Å². The van der Waals surface area contributed by atoms with Crippen molar-refractivity contribution in [2.24, 2.45) is 0 Å². The molecule has 0 fully saturated rings. The molecule has 5 nitrogen and oxygen atoms in total. The van der Waals surface area contributed by atoms with Gasteiger partial charge in [0.1, 0.15) is 0 Å². The number of carbonyl (C=O) groups excluding carboxylic acids is 1. The van der Waals surface area contributed by atoms with Gasteiger partial charge >= 0.3 is 0 Å². The van der Waals surface area contributed by atoms with Crippen LogP contribution >= 0.6 is 11.6 Å². The van der Waals surface area contributed by atoms with E-state index >= 15 is 0 Å². The lowest BCUT2D eigenvalue weighted by molar-refractivity contribution is 0.102. The van der Waals surface area contributed by atoms with E-state index in [1.54, 1.807) is 0 Å². The summed E-state index contributed by atoms with van der Waals surface area (Å²) in [5.41, 5.74) is 3.33. The quantitative estimate of drug-likeness (QED) is 0.883. The molecule has 0 unspecified atom stereocenters. The van der Waals surface area contributed by atoms with Gasteiger partial charge < -0.3 is 5.32 Å². The van der Waals surface area contributed by atoms with Crippen LogP contribution in [-0.2, 0) is 10.0 Å². The first kappa shape index (κ1) is 17.3. The molecule has 0 aliphatic carbocycles. The van der Waals surface area contributed by atoms with E-state index in [2.05, 4.69) is 10.0 Å². The van der Waals surface area contributed by atoms with E-state index in [1.807, 2.05) is 32.0 Å². The summed E-state index contributed by atoms with van der Waals surface area (Å²) in [4.78, 5) is 12.3.